The Bertz CT molecular complexity index is 162. The van der Waals surface area contributed by atoms with E-state index >= 15 is 0 Å². The van der Waals surface area contributed by atoms with Crippen LogP contribution in [0.15, 0.2) is 30.6 Å². The van der Waals surface area contributed by atoms with E-state index in [2.05, 4.69) is 4.98 Å². The van der Waals surface area contributed by atoms with E-state index in [-0.39, 0.29) is 11.7 Å². The summed E-state index contributed by atoms with van der Waals surface area (Å²) in [5, 5.41) is 0. The molecule has 0 saturated heterocycles. The minimum absolute atomic E-state index is 0.0201. The van der Waals surface area contributed by atoms with Crippen molar-refractivity contribution in [2.45, 2.75) is 6.92 Å². The van der Waals surface area contributed by atoms with Crippen LogP contribution in [-0.2, 0) is 4.79 Å². The van der Waals surface area contributed by atoms with E-state index in [1.165, 1.54) is 6.92 Å². The molecule has 0 spiro atoms. The maximum absolute atomic E-state index is 9.68. The Morgan fingerprint density at radius 3 is 1.91 bits per heavy atom. The first-order valence-corrected chi connectivity index (χ1v) is 3.71. The van der Waals surface area contributed by atoms with Crippen molar-refractivity contribution >= 4 is 17.4 Å². The van der Waals surface area contributed by atoms with E-state index in [9.17, 15) is 4.79 Å². The first-order chi connectivity index (χ1) is 5.27. The molecule has 0 radical (unpaired) electrons. The van der Waals surface area contributed by atoms with Crippen LogP contribution in [0.1, 0.15) is 6.92 Å². The molecule has 0 aliphatic rings. The van der Waals surface area contributed by atoms with E-state index in [0.29, 0.717) is 0 Å². The van der Waals surface area contributed by atoms with Crippen LogP contribution in [0.5, 0.6) is 0 Å². The summed E-state index contributed by atoms with van der Waals surface area (Å²) in [4.78, 5) is 13.5. The highest BCUT2D eigenvalue weighted by atomic mass is 35.5. The summed E-state index contributed by atoms with van der Waals surface area (Å²) in [7, 11) is 0. The van der Waals surface area contributed by atoms with Crippen LogP contribution in [0, 0.1) is 0 Å². The molecule has 0 fully saturated rings. The summed E-state index contributed by atoms with van der Waals surface area (Å²) >= 11 is 4.99. The van der Waals surface area contributed by atoms with Gasteiger partial charge in [0.05, 0.1) is 5.88 Å². The molecular weight excluding hydrogens is 162 g/mol. The minimum Gasteiger partial charge on any atom is -0.299 e. The molecule has 2 nitrogen and oxygen atoms in total. The van der Waals surface area contributed by atoms with Crippen molar-refractivity contribution in [3.63, 3.8) is 0 Å². The van der Waals surface area contributed by atoms with Gasteiger partial charge in [-0.15, -0.1) is 11.6 Å². The number of Topliss-reactive ketones (excluding diaryl/α,β-unsaturated/α-hetero) is 1. The smallest absolute Gasteiger partial charge is 0.144 e. The molecule has 0 unspecified atom stereocenters. The zero-order chi connectivity index (χ0) is 8.53. The molecule has 0 bridgehead atoms. The average molecular weight is 172 g/mol. The Labute approximate surface area is 71.2 Å². The fraction of sp³-hybridized carbons (Fsp3) is 0.250. The molecule has 1 heterocycles. The van der Waals surface area contributed by atoms with Crippen molar-refractivity contribution in [2.24, 2.45) is 0 Å². The Balaban J connectivity index is 0.000000187. The number of halogens is 1. The van der Waals surface area contributed by atoms with Crippen molar-refractivity contribution in [3.05, 3.63) is 30.6 Å². The lowest BCUT2D eigenvalue weighted by molar-refractivity contribution is -0.114. The van der Waals surface area contributed by atoms with Crippen molar-refractivity contribution in [2.75, 3.05) is 5.88 Å². The molecular formula is C8H10ClNO. The molecule has 0 aliphatic heterocycles. The normalized spacial score (nSPS) is 7.82. The highest BCUT2D eigenvalue weighted by Gasteiger charge is 1.79. The summed E-state index contributed by atoms with van der Waals surface area (Å²) in [6, 6.07) is 5.72. The molecule has 0 N–H and O–H groups in total. The van der Waals surface area contributed by atoms with Crippen LogP contribution in [0.2, 0.25) is 0 Å². The average Bonchev–Trinajstić information content (AvgIpc) is 2.09. The van der Waals surface area contributed by atoms with Crippen LogP contribution >= 0.6 is 11.6 Å². The lowest BCUT2D eigenvalue weighted by atomic mass is 10.5. The minimum atomic E-state index is 0.0201. The fourth-order valence-electron chi connectivity index (χ4n) is 0.313. The molecule has 60 valence electrons. The Kier molecular flexibility index (Phi) is 6.64. The van der Waals surface area contributed by atoms with E-state index < -0.39 is 0 Å². The lowest BCUT2D eigenvalue weighted by Gasteiger charge is -1.70. The van der Waals surface area contributed by atoms with Crippen molar-refractivity contribution in [1.82, 2.24) is 4.98 Å². The van der Waals surface area contributed by atoms with Crippen molar-refractivity contribution in [1.29, 1.82) is 0 Å². The predicted molar refractivity (Wildman–Crippen MR) is 45.6 cm³/mol. The second-order valence-electron chi connectivity index (χ2n) is 1.86. The number of aromatic nitrogens is 1. The zero-order valence-corrected chi connectivity index (χ0v) is 7.08. The highest BCUT2D eigenvalue weighted by molar-refractivity contribution is 6.27. The Morgan fingerprint density at radius 1 is 1.36 bits per heavy atom. The molecule has 1 aromatic rings. The van der Waals surface area contributed by atoms with Crippen LogP contribution in [0.4, 0.5) is 0 Å². The van der Waals surface area contributed by atoms with E-state index in [1.54, 1.807) is 12.4 Å². The summed E-state index contributed by atoms with van der Waals surface area (Å²) in [6.07, 6.45) is 3.50. The second-order valence-corrected chi connectivity index (χ2v) is 2.13. The van der Waals surface area contributed by atoms with Gasteiger partial charge in [0.1, 0.15) is 5.78 Å². The molecule has 1 aromatic heterocycles. The van der Waals surface area contributed by atoms with E-state index in [4.69, 9.17) is 11.6 Å². The fourth-order valence-corrected chi connectivity index (χ4v) is 0.313. The molecule has 0 amide bonds. The maximum atomic E-state index is 9.68. The van der Waals surface area contributed by atoms with Crippen molar-refractivity contribution < 1.29 is 4.79 Å². The van der Waals surface area contributed by atoms with Gasteiger partial charge in [0, 0.05) is 12.4 Å². The summed E-state index contributed by atoms with van der Waals surface area (Å²) < 4.78 is 0. The van der Waals surface area contributed by atoms with Gasteiger partial charge in [0.25, 0.3) is 0 Å². The van der Waals surface area contributed by atoms with Gasteiger partial charge in [-0.05, 0) is 19.1 Å². The van der Waals surface area contributed by atoms with Gasteiger partial charge in [-0.3, -0.25) is 9.78 Å². The van der Waals surface area contributed by atoms with E-state index in [1.807, 2.05) is 18.2 Å². The van der Waals surface area contributed by atoms with Crippen molar-refractivity contribution in [3.8, 4) is 0 Å². The highest BCUT2D eigenvalue weighted by Crippen LogP contribution is 1.73. The van der Waals surface area contributed by atoms with Gasteiger partial charge in [0.2, 0.25) is 0 Å². The standard InChI is InChI=1S/C5H5N.C3H5ClO/c1-2-4-6-5-3-1;1-3(5)2-4/h1-5H;2H2,1H3. The number of rotatable bonds is 1. The molecule has 0 aromatic carbocycles. The molecule has 1 rings (SSSR count). The zero-order valence-electron chi connectivity index (χ0n) is 6.33. The number of pyridine rings is 1. The van der Waals surface area contributed by atoms with Gasteiger partial charge in [-0.25, -0.2) is 0 Å². The molecule has 3 heteroatoms. The molecule has 11 heavy (non-hydrogen) atoms. The Hall–Kier alpha value is -0.890. The van der Waals surface area contributed by atoms with Gasteiger partial charge in [-0.2, -0.15) is 0 Å². The maximum Gasteiger partial charge on any atom is 0.144 e. The number of hydrogen-bond donors (Lipinski definition) is 0. The summed E-state index contributed by atoms with van der Waals surface area (Å²) in [5.41, 5.74) is 0. The first-order valence-electron chi connectivity index (χ1n) is 3.17. The Morgan fingerprint density at radius 2 is 1.82 bits per heavy atom. The summed E-state index contributed by atoms with van der Waals surface area (Å²) in [5.74, 6) is 0.159. The SMILES string of the molecule is CC(=O)CCl.c1ccncc1. The van der Waals surface area contributed by atoms with Crippen LogP contribution < -0.4 is 0 Å². The third-order valence-corrected chi connectivity index (χ3v) is 1.13. The number of ketones is 1. The number of hydrogen-bond acceptors (Lipinski definition) is 2. The molecule has 0 saturated carbocycles. The first kappa shape index (κ1) is 10.1. The second kappa shape index (κ2) is 7.22. The monoisotopic (exact) mass is 171 g/mol. The van der Waals surface area contributed by atoms with Gasteiger partial charge < -0.3 is 0 Å². The third kappa shape index (κ3) is 9.11. The quantitative estimate of drug-likeness (QED) is 0.604. The number of nitrogens with zero attached hydrogens (tertiary/aromatic N) is 1. The van der Waals surface area contributed by atoms with Gasteiger partial charge >= 0.3 is 0 Å². The van der Waals surface area contributed by atoms with Gasteiger partial charge in [0.15, 0.2) is 0 Å². The number of carbonyl (C=O) groups excluding carboxylic acids is 1. The molecule has 0 atom stereocenters. The van der Waals surface area contributed by atoms with Crippen LogP contribution in [0.25, 0.3) is 0 Å². The largest absolute Gasteiger partial charge is 0.299 e. The predicted octanol–water partition coefficient (Wildman–Crippen LogP) is 1.90. The topological polar surface area (TPSA) is 30.0 Å². The van der Waals surface area contributed by atoms with E-state index in [0.717, 1.165) is 0 Å². The lowest BCUT2D eigenvalue weighted by Crippen LogP contribution is -1.86. The number of carbonyl (C=O) groups is 1. The summed E-state index contributed by atoms with van der Waals surface area (Å²) in [6.45, 7) is 1.45. The van der Waals surface area contributed by atoms with Crippen LogP contribution in [-0.4, -0.2) is 16.6 Å². The molecule has 0 aliphatic carbocycles. The third-order valence-electron chi connectivity index (χ3n) is 0.755. The number of alkyl halides is 1. The van der Waals surface area contributed by atoms with Gasteiger partial charge in [-0.1, -0.05) is 6.07 Å². The van der Waals surface area contributed by atoms with Crippen LogP contribution in [0.3, 0.4) is 0 Å².